The number of hydrogen-bond acceptors (Lipinski definition) is 4. The van der Waals surface area contributed by atoms with Crippen molar-refractivity contribution in [3.05, 3.63) is 16.1 Å². The summed E-state index contributed by atoms with van der Waals surface area (Å²) in [7, 11) is 1.72. The Labute approximate surface area is 102 Å². The monoisotopic (exact) mass is 242 g/mol. The molecule has 16 heavy (non-hydrogen) atoms. The van der Waals surface area contributed by atoms with Gasteiger partial charge in [0, 0.05) is 30.5 Å². The van der Waals surface area contributed by atoms with E-state index in [4.69, 9.17) is 4.74 Å². The molecule has 1 unspecified atom stereocenters. The number of thiazole rings is 1. The second-order valence-electron chi connectivity index (χ2n) is 5.13. The summed E-state index contributed by atoms with van der Waals surface area (Å²) in [6.07, 6.45) is 0. The van der Waals surface area contributed by atoms with Crippen molar-refractivity contribution in [2.24, 2.45) is 0 Å². The molecule has 0 spiro atoms. The van der Waals surface area contributed by atoms with Crippen molar-refractivity contribution in [2.75, 3.05) is 13.7 Å². The van der Waals surface area contributed by atoms with Crippen LogP contribution < -0.4 is 5.32 Å². The van der Waals surface area contributed by atoms with E-state index >= 15 is 0 Å². The standard InChI is InChI=1S/C12H22N2OS/c1-9(7-15-5)13-6-10-8-16-11(14-10)12(2,3)4/h8-9,13H,6-7H2,1-5H3. The van der Waals surface area contributed by atoms with Gasteiger partial charge in [0.15, 0.2) is 0 Å². The molecule has 3 nitrogen and oxygen atoms in total. The zero-order valence-corrected chi connectivity index (χ0v) is 11.6. The van der Waals surface area contributed by atoms with Crippen molar-refractivity contribution in [1.82, 2.24) is 10.3 Å². The van der Waals surface area contributed by atoms with Gasteiger partial charge < -0.3 is 10.1 Å². The second-order valence-corrected chi connectivity index (χ2v) is 5.99. The summed E-state index contributed by atoms with van der Waals surface area (Å²) in [6, 6.07) is 0.366. The fourth-order valence-corrected chi connectivity index (χ4v) is 2.23. The van der Waals surface area contributed by atoms with Gasteiger partial charge in [-0.25, -0.2) is 4.98 Å². The number of aromatic nitrogens is 1. The number of nitrogens with one attached hydrogen (secondary N) is 1. The van der Waals surface area contributed by atoms with Crippen LogP contribution in [0.4, 0.5) is 0 Å². The van der Waals surface area contributed by atoms with Crippen molar-refractivity contribution in [1.29, 1.82) is 0 Å². The summed E-state index contributed by atoms with van der Waals surface area (Å²) in [5.74, 6) is 0. The highest BCUT2D eigenvalue weighted by atomic mass is 32.1. The maximum absolute atomic E-state index is 5.07. The first-order valence-corrected chi connectivity index (χ1v) is 6.48. The molecule has 0 saturated heterocycles. The number of ether oxygens (including phenoxy) is 1. The molecule has 4 heteroatoms. The Balaban J connectivity index is 2.47. The Morgan fingerprint density at radius 2 is 2.19 bits per heavy atom. The molecule has 1 N–H and O–H groups in total. The van der Waals surface area contributed by atoms with E-state index in [9.17, 15) is 0 Å². The van der Waals surface area contributed by atoms with Crippen LogP contribution in [0.25, 0.3) is 0 Å². The topological polar surface area (TPSA) is 34.1 Å². The van der Waals surface area contributed by atoms with Crippen LogP contribution in [0.1, 0.15) is 38.4 Å². The highest BCUT2D eigenvalue weighted by Crippen LogP contribution is 2.25. The molecule has 0 radical (unpaired) electrons. The van der Waals surface area contributed by atoms with Gasteiger partial charge in [0.1, 0.15) is 0 Å². The molecule has 0 aromatic carbocycles. The lowest BCUT2D eigenvalue weighted by Crippen LogP contribution is -2.29. The molecule has 0 aliphatic heterocycles. The highest BCUT2D eigenvalue weighted by molar-refractivity contribution is 7.09. The first-order chi connectivity index (χ1) is 7.43. The third kappa shape index (κ3) is 4.20. The fourth-order valence-electron chi connectivity index (χ4n) is 1.32. The van der Waals surface area contributed by atoms with Gasteiger partial charge >= 0.3 is 0 Å². The first-order valence-electron chi connectivity index (χ1n) is 5.60. The minimum absolute atomic E-state index is 0.154. The molecular weight excluding hydrogens is 220 g/mol. The third-order valence-corrected chi connectivity index (χ3v) is 3.56. The highest BCUT2D eigenvalue weighted by Gasteiger charge is 2.17. The summed E-state index contributed by atoms with van der Waals surface area (Å²) in [6.45, 7) is 10.2. The summed E-state index contributed by atoms with van der Waals surface area (Å²) in [5, 5.41) is 6.71. The molecule has 0 fully saturated rings. The van der Waals surface area contributed by atoms with E-state index in [0.29, 0.717) is 6.04 Å². The molecule has 0 saturated carbocycles. The van der Waals surface area contributed by atoms with Gasteiger partial charge in [-0.2, -0.15) is 0 Å². The van der Waals surface area contributed by atoms with Crippen LogP contribution >= 0.6 is 11.3 Å². The van der Waals surface area contributed by atoms with Gasteiger partial charge in [-0.15, -0.1) is 11.3 Å². The molecule has 0 bridgehead atoms. The molecule has 1 atom stereocenters. The van der Waals surface area contributed by atoms with E-state index in [2.05, 4.69) is 43.4 Å². The molecular formula is C12H22N2OS. The molecule has 1 aromatic heterocycles. The van der Waals surface area contributed by atoms with Crippen molar-refractivity contribution in [3.8, 4) is 0 Å². The maximum atomic E-state index is 5.07. The van der Waals surface area contributed by atoms with Gasteiger partial charge in [-0.05, 0) is 6.92 Å². The quantitative estimate of drug-likeness (QED) is 0.861. The zero-order valence-electron chi connectivity index (χ0n) is 10.8. The predicted octanol–water partition coefficient (Wildman–Crippen LogP) is 2.57. The smallest absolute Gasteiger partial charge is 0.0982 e. The van der Waals surface area contributed by atoms with E-state index in [1.54, 1.807) is 18.4 Å². The Bertz CT molecular complexity index is 317. The molecule has 92 valence electrons. The lowest BCUT2D eigenvalue weighted by Gasteiger charge is -2.14. The van der Waals surface area contributed by atoms with Gasteiger partial charge in [0.25, 0.3) is 0 Å². The van der Waals surface area contributed by atoms with E-state index in [1.807, 2.05) is 0 Å². The summed E-state index contributed by atoms with van der Waals surface area (Å²) in [5.41, 5.74) is 1.28. The van der Waals surface area contributed by atoms with Crippen LogP contribution in [0.15, 0.2) is 5.38 Å². The zero-order chi connectivity index (χ0) is 12.2. The molecule has 0 aliphatic carbocycles. The lowest BCUT2D eigenvalue weighted by atomic mass is 9.98. The van der Waals surface area contributed by atoms with Crippen LogP contribution in [0.3, 0.4) is 0 Å². The van der Waals surface area contributed by atoms with Crippen LogP contribution in [0, 0.1) is 0 Å². The second kappa shape index (κ2) is 5.75. The molecule has 1 heterocycles. The Morgan fingerprint density at radius 1 is 1.50 bits per heavy atom. The van der Waals surface area contributed by atoms with E-state index in [1.165, 1.54) is 5.01 Å². The number of hydrogen-bond donors (Lipinski definition) is 1. The van der Waals surface area contributed by atoms with Crippen molar-refractivity contribution in [3.63, 3.8) is 0 Å². The molecule has 1 rings (SSSR count). The Hall–Kier alpha value is -0.450. The average molecular weight is 242 g/mol. The number of rotatable bonds is 5. The summed E-state index contributed by atoms with van der Waals surface area (Å²) >= 11 is 1.74. The maximum Gasteiger partial charge on any atom is 0.0982 e. The average Bonchev–Trinajstić information content (AvgIpc) is 2.63. The fraction of sp³-hybridized carbons (Fsp3) is 0.750. The van der Waals surface area contributed by atoms with E-state index < -0.39 is 0 Å². The van der Waals surface area contributed by atoms with Crippen LogP contribution in [-0.4, -0.2) is 24.7 Å². The van der Waals surface area contributed by atoms with Gasteiger partial charge in [0.2, 0.25) is 0 Å². The minimum Gasteiger partial charge on any atom is -0.383 e. The van der Waals surface area contributed by atoms with E-state index in [-0.39, 0.29) is 5.41 Å². The normalized spacial score (nSPS) is 14.1. The predicted molar refractivity (Wildman–Crippen MR) is 69.0 cm³/mol. The largest absolute Gasteiger partial charge is 0.383 e. The van der Waals surface area contributed by atoms with Gasteiger partial charge in [-0.1, -0.05) is 20.8 Å². The summed E-state index contributed by atoms with van der Waals surface area (Å²) in [4.78, 5) is 4.63. The van der Waals surface area contributed by atoms with Crippen LogP contribution in [0.5, 0.6) is 0 Å². The van der Waals surface area contributed by atoms with Crippen molar-refractivity contribution in [2.45, 2.75) is 45.7 Å². The SMILES string of the molecule is COCC(C)NCc1csc(C(C)(C)C)n1. The molecule has 0 aliphatic rings. The number of methoxy groups -OCH3 is 1. The van der Waals surface area contributed by atoms with Crippen molar-refractivity contribution < 1.29 is 4.74 Å². The Morgan fingerprint density at radius 3 is 2.69 bits per heavy atom. The molecule has 1 aromatic rings. The van der Waals surface area contributed by atoms with Gasteiger partial charge in [-0.3, -0.25) is 0 Å². The van der Waals surface area contributed by atoms with Gasteiger partial charge in [0.05, 0.1) is 17.3 Å². The minimum atomic E-state index is 0.154. The van der Waals surface area contributed by atoms with Crippen LogP contribution in [-0.2, 0) is 16.7 Å². The van der Waals surface area contributed by atoms with Crippen molar-refractivity contribution >= 4 is 11.3 Å². The van der Waals surface area contributed by atoms with Crippen LogP contribution in [0.2, 0.25) is 0 Å². The lowest BCUT2D eigenvalue weighted by molar-refractivity contribution is 0.171. The number of nitrogens with zero attached hydrogens (tertiary/aromatic N) is 1. The third-order valence-electron chi connectivity index (χ3n) is 2.24. The van der Waals surface area contributed by atoms with E-state index in [0.717, 1.165) is 18.8 Å². The summed E-state index contributed by atoms with van der Waals surface area (Å²) < 4.78 is 5.07. The Kier molecular flexibility index (Phi) is 4.89. The molecule has 0 amide bonds. The first kappa shape index (κ1) is 13.6.